The lowest BCUT2D eigenvalue weighted by Crippen LogP contribution is -2.25. The van der Waals surface area contributed by atoms with Crippen LogP contribution in [-0.4, -0.2) is 29.0 Å². The lowest BCUT2D eigenvalue weighted by Gasteiger charge is -2.05. The Hall–Kier alpha value is -2.64. The maximum Gasteiger partial charge on any atom is 0.275 e. The average molecular weight is 279 g/mol. The highest BCUT2D eigenvalue weighted by molar-refractivity contribution is 5.94. The molecule has 1 rings (SSSR count). The van der Waals surface area contributed by atoms with E-state index in [-0.39, 0.29) is 23.4 Å². The van der Waals surface area contributed by atoms with E-state index in [2.05, 4.69) is 15.3 Å². The zero-order valence-electron chi connectivity index (χ0n) is 10.5. The summed E-state index contributed by atoms with van der Waals surface area (Å²) in [6.07, 6.45) is 0.479. The molecule has 1 amide bonds. The van der Waals surface area contributed by atoms with E-state index in [1.165, 1.54) is 12.1 Å². The van der Waals surface area contributed by atoms with Gasteiger partial charge in [0, 0.05) is 29.6 Å². The van der Waals surface area contributed by atoms with Crippen molar-refractivity contribution in [2.24, 2.45) is 5.11 Å². The highest BCUT2D eigenvalue weighted by Gasteiger charge is 2.16. The van der Waals surface area contributed by atoms with Gasteiger partial charge in [-0.2, -0.15) is 0 Å². The number of aliphatic hydroxyl groups is 1. The maximum atomic E-state index is 11.8. The smallest absolute Gasteiger partial charge is 0.275 e. The number of hydrogen-bond donors (Lipinski definition) is 2. The molecule has 0 heterocycles. The molecule has 106 valence electrons. The molecular weight excluding hydrogens is 266 g/mol. The van der Waals surface area contributed by atoms with Crippen LogP contribution in [0.3, 0.4) is 0 Å². The number of rotatable bonds is 7. The Kier molecular flexibility index (Phi) is 5.95. The van der Waals surface area contributed by atoms with Gasteiger partial charge in [0.05, 0.1) is 17.1 Å². The van der Waals surface area contributed by atoms with E-state index in [0.717, 1.165) is 6.07 Å². The molecule has 0 fully saturated rings. The Bertz CT molecular complexity index is 554. The summed E-state index contributed by atoms with van der Waals surface area (Å²) >= 11 is 0. The van der Waals surface area contributed by atoms with Gasteiger partial charge in [0.2, 0.25) is 0 Å². The van der Waals surface area contributed by atoms with Gasteiger partial charge >= 0.3 is 0 Å². The number of carbonyl (C=O) groups is 1. The van der Waals surface area contributed by atoms with Crippen LogP contribution in [-0.2, 0) is 6.61 Å². The minimum absolute atomic E-state index is 0.137. The molecule has 0 saturated heterocycles. The summed E-state index contributed by atoms with van der Waals surface area (Å²) in [6, 6.07) is 3.86. The van der Waals surface area contributed by atoms with Crippen molar-refractivity contribution < 1.29 is 14.8 Å². The van der Waals surface area contributed by atoms with E-state index < -0.39 is 17.4 Å². The summed E-state index contributed by atoms with van der Waals surface area (Å²) in [5, 5.41) is 25.6. The first-order valence-corrected chi connectivity index (χ1v) is 5.77. The van der Waals surface area contributed by atoms with Crippen LogP contribution in [0.4, 0.5) is 5.69 Å². The van der Waals surface area contributed by atoms with Crippen molar-refractivity contribution in [3.63, 3.8) is 0 Å². The molecule has 2 N–H and O–H groups in total. The first-order valence-electron chi connectivity index (χ1n) is 5.77. The summed E-state index contributed by atoms with van der Waals surface area (Å²) in [5.41, 5.74) is 8.06. The van der Waals surface area contributed by atoms with E-state index in [4.69, 9.17) is 10.6 Å². The highest BCUT2D eigenvalue weighted by atomic mass is 16.6. The Labute approximate surface area is 114 Å². The number of nitrogens with zero attached hydrogens (tertiary/aromatic N) is 4. The molecule has 1 aromatic carbocycles. The number of azide groups is 1. The largest absolute Gasteiger partial charge is 0.391 e. The van der Waals surface area contributed by atoms with E-state index in [1.54, 1.807) is 0 Å². The van der Waals surface area contributed by atoms with Crippen LogP contribution in [0.2, 0.25) is 0 Å². The van der Waals surface area contributed by atoms with Crippen LogP contribution >= 0.6 is 0 Å². The Balaban J connectivity index is 2.71. The fourth-order valence-electron chi connectivity index (χ4n) is 1.51. The van der Waals surface area contributed by atoms with Crippen LogP contribution in [0.15, 0.2) is 23.3 Å². The van der Waals surface area contributed by atoms with Crippen molar-refractivity contribution in [3.8, 4) is 0 Å². The third-order valence-corrected chi connectivity index (χ3v) is 2.50. The van der Waals surface area contributed by atoms with Crippen LogP contribution in [0.5, 0.6) is 0 Å². The monoisotopic (exact) mass is 279 g/mol. The van der Waals surface area contributed by atoms with Crippen molar-refractivity contribution >= 4 is 11.6 Å². The number of nitro benzene ring substituents is 1. The number of nitrogens with one attached hydrogen (secondary N) is 1. The van der Waals surface area contributed by atoms with Crippen LogP contribution in [0.1, 0.15) is 22.3 Å². The van der Waals surface area contributed by atoms with Gasteiger partial charge in [0.15, 0.2) is 0 Å². The van der Waals surface area contributed by atoms with Crippen LogP contribution in [0.25, 0.3) is 10.4 Å². The molecule has 0 unspecified atom stereocenters. The predicted octanol–water partition coefficient (Wildman–Crippen LogP) is 1.52. The second kappa shape index (κ2) is 7.72. The van der Waals surface area contributed by atoms with E-state index in [1.807, 2.05) is 0 Å². The molecule has 0 aliphatic rings. The zero-order chi connectivity index (χ0) is 15.0. The van der Waals surface area contributed by atoms with Gasteiger partial charge in [0.25, 0.3) is 11.6 Å². The van der Waals surface area contributed by atoms with Crippen molar-refractivity contribution in [1.29, 1.82) is 0 Å². The lowest BCUT2D eigenvalue weighted by molar-refractivity contribution is -0.385. The van der Waals surface area contributed by atoms with Gasteiger partial charge in [-0.05, 0) is 24.1 Å². The van der Waals surface area contributed by atoms with Gasteiger partial charge in [-0.1, -0.05) is 5.11 Å². The summed E-state index contributed by atoms with van der Waals surface area (Å²) in [4.78, 5) is 24.5. The van der Waals surface area contributed by atoms with Crippen molar-refractivity contribution in [2.45, 2.75) is 13.0 Å². The SMILES string of the molecule is [N-]=[N+]=NCCCNC(=O)c1ccc(CO)c([N+](=O)[O-])c1. The number of aliphatic hydroxyl groups excluding tert-OH is 1. The zero-order valence-corrected chi connectivity index (χ0v) is 10.5. The fraction of sp³-hybridized carbons (Fsp3) is 0.364. The third kappa shape index (κ3) is 4.23. The number of nitro groups is 1. The van der Waals surface area contributed by atoms with Gasteiger partial charge in [-0.25, -0.2) is 0 Å². The van der Waals surface area contributed by atoms with Crippen LogP contribution < -0.4 is 5.32 Å². The Morgan fingerprint density at radius 1 is 1.55 bits per heavy atom. The molecule has 0 bridgehead atoms. The second-order valence-electron chi connectivity index (χ2n) is 3.82. The van der Waals surface area contributed by atoms with Gasteiger partial charge in [-0.3, -0.25) is 14.9 Å². The number of benzene rings is 1. The highest BCUT2D eigenvalue weighted by Crippen LogP contribution is 2.20. The normalized spacial score (nSPS) is 9.65. The van der Waals surface area contributed by atoms with Crippen molar-refractivity contribution in [2.75, 3.05) is 13.1 Å². The summed E-state index contributed by atoms with van der Waals surface area (Å²) in [6.45, 7) is 0.0954. The first-order chi connectivity index (χ1) is 9.60. The first kappa shape index (κ1) is 15.4. The Morgan fingerprint density at radius 3 is 2.90 bits per heavy atom. The molecule has 0 spiro atoms. The molecule has 0 atom stereocenters. The average Bonchev–Trinajstić information content (AvgIpc) is 2.46. The summed E-state index contributed by atoms with van der Waals surface area (Å²) in [7, 11) is 0. The molecule has 20 heavy (non-hydrogen) atoms. The standard InChI is InChI=1S/C11H13N5O4/c12-15-14-5-1-4-13-11(18)8-2-3-9(7-17)10(6-8)16(19)20/h2-3,6,17H,1,4-5,7H2,(H,13,18). The molecule has 0 aliphatic carbocycles. The fourth-order valence-corrected chi connectivity index (χ4v) is 1.51. The number of hydrogen-bond acceptors (Lipinski definition) is 5. The number of amides is 1. The molecule has 9 heteroatoms. The van der Waals surface area contributed by atoms with Gasteiger partial charge in [-0.15, -0.1) is 0 Å². The molecule has 0 saturated carbocycles. The van der Waals surface area contributed by atoms with E-state index in [0.29, 0.717) is 13.0 Å². The van der Waals surface area contributed by atoms with Crippen molar-refractivity contribution in [3.05, 3.63) is 49.9 Å². The molecule has 1 aromatic rings. The molecule has 0 aromatic heterocycles. The van der Waals surface area contributed by atoms with Gasteiger partial charge < -0.3 is 10.4 Å². The molecular formula is C11H13N5O4. The Morgan fingerprint density at radius 2 is 2.30 bits per heavy atom. The molecule has 0 radical (unpaired) electrons. The molecule has 0 aliphatic heterocycles. The van der Waals surface area contributed by atoms with E-state index in [9.17, 15) is 14.9 Å². The maximum absolute atomic E-state index is 11.8. The minimum Gasteiger partial charge on any atom is -0.391 e. The van der Waals surface area contributed by atoms with Crippen LogP contribution in [0, 0.1) is 10.1 Å². The number of carbonyl (C=O) groups excluding carboxylic acids is 1. The van der Waals surface area contributed by atoms with Gasteiger partial charge in [0.1, 0.15) is 0 Å². The summed E-state index contributed by atoms with van der Waals surface area (Å²) in [5.74, 6) is -0.460. The minimum atomic E-state index is -0.649. The summed E-state index contributed by atoms with van der Waals surface area (Å²) < 4.78 is 0. The van der Waals surface area contributed by atoms with Crippen molar-refractivity contribution in [1.82, 2.24) is 5.32 Å². The quantitative estimate of drug-likeness (QED) is 0.195. The predicted molar refractivity (Wildman–Crippen MR) is 70.0 cm³/mol. The second-order valence-corrected chi connectivity index (χ2v) is 3.82. The topological polar surface area (TPSA) is 141 Å². The van der Waals surface area contributed by atoms with E-state index >= 15 is 0 Å². The molecule has 9 nitrogen and oxygen atoms in total. The lowest BCUT2D eigenvalue weighted by atomic mass is 10.1. The third-order valence-electron chi connectivity index (χ3n) is 2.50.